The number of carbonyl (C=O) groups excluding carboxylic acids is 3. The van der Waals surface area contributed by atoms with E-state index in [1.807, 2.05) is 79.7 Å². The van der Waals surface area contributed by atoms with Gasteiger partial charge in [-0.25, -0.2) is 0 Å². The third-order valence-corrected chi connectivity index (χ3v) is 8.27. The summed E-state index contributed by atoms with van der Waals surface area (Å²) < 4.78 is 1.05. The van der Waals surface area contributed by atoms with Crippen molar-refractivity contribution in [1.29, 1.82) is 0 Å². The van der Waals surface area contributed by atoms with Crippen LogP contribution in [-0.4, -0.2) is 61.4 Å². The SMILES string of the molecule is CN(C)CCNC(=O)CCC(Cc1ccccc1)NC(=O)C1(NC(=O)c2cc3ccccc3s2)CCCC1. The van der Waals surface area contributed by atoms with E-state index in [0.29, 0.717) is 43.5 Å². The van der Waals surface area contributed by atoms with Crippen LogP contribution in [0.2, 0.25) is 0 Å². The number of rotatable bonds is 12. The molecule has 1 atom stereocenters. The molecule has 3 amide bonds. The van der Waals surface area contributed by atoms with Gasteiger partial charge in [0.05, 0.1) is 4.88 Å². The van der Waals surface area contributed by atoms with E-state index in [-0.39, 0.29) is 23.8 Å². The van der Waals surface area contributed by atoms with Crippen LogP contribution >= 0.6 is 11.3 Å². The zero-order chi connectivity index (χ0) is 27.0. The Morgan fingerprint density at radius 2 is 1.71 bits per heavy atom. The van der Waals surface area contributed by atoms with Gasteiger partial charge in [0.15, 0.2) is 0 Å². The normalized spacial score (nSPS) is 15.3. The lowest BCUT2D eigenvalue weighted by molar-refractivity contribution is -0.128. The van der Waals surface area contributed by atoms with Gasteiger partial charge >= 0.3 is 0 Å². The molecule has 0 aliphatic heterocycles. The maximum absolute atomic E-state index is 13.8. The molecule has 3 aromatic rings. The van der Waals surface area contributed by atoms with E-state index in [0.717, 1.165) is 35.0 Å². The Hall–Kier alpha value is -3.23. The van der Waals surface area contributed by atoms with E-state index in [1.54, 1.807) is 0 Å². The largest absolute Gasteiger partial charge is 0.355 e. The minimum absolute atomic E-state index is 0.0206. The molecule has 202 valence electrons. The molecule has 8 heteroatoms. The number of hydrogen-bond acceptors (Lipinski definition) is 5. The maximum atomic E-state index is 13.8. The standard InChI is InChI=1S/C30H38N4O3S/c1-34(2)19-18-31-27(35)15-14-24(20-22-10-4-3-5-11-22)32-29(37)30(16-8-9-17-30)33-28(36)26-21-23-12-6-7-13-25(23)38-26/h3-7,10-13,21,24H,8-9,14-20H2,1-2H3,(H,31,35)(H,32,37)(H,33,36). The first-order chi connectivity index (χ1) is 18.3. The zero-order valence-electron chi connectivity index (χ0n) is 22.3. The molecule has 1 aliphatic rings. The molecular formula is C30H38N4O3S. The first-order valence-corrected chi connectivity index (χ1v) is 14.2. The van der Waals surface area contributed by atoms with E-state index in [4.69, 9.17) is 0 Å². The van der Waals surface area contributed by atoms with Crippen LogP contribution in [0.3, 0.4) is 0 Å². The van der Waals surface area contributed by atoms with Crippen LogP contribution in [0.1, 0.15) is 53.8 Å². The number of carbonyl (C=O) groups is 3. The summed E-state index contributed by atoms with van der Waals surface area (Å²) in [5.74, 6) is -0.380. The molecule has 0 saturated heterocycles. The minimum Gasteiger partial charge on any atom is -0.355 e. The molecule has 3 N–H and O–H groups in total. The van der Waals surface area contributed by atoms with E-state index in [1.165, 1.54) is 11.3 Å². The molecule has 1 heterocycles. The molecule has 1 saturated carbocycles. The van der Waals surface area contributed by atoms with Gasteiger partial charge in [0.25, 0.3) is 5.91 Å². The average molecular weight is 535 g/mol. The second-order valence-electron chi connectivity index (χ2n) is 10.4. The molecule has 1 aromatic heterocycles. The van der Waals surface area contributed by atoms with Gasteiger partial charge in [-0.1, -0.05) is 61.4 Å². The average Bonchev–Trinajstić information content (AvgIpc) is 3.56. The summed E-state index contributed by atoms with van der Waals surface area (Å²) in [6.07, 6.45) is 4.46. The van der Waals surface area contributed by atoms with Crippen molar-refractivity contribution in [1.82, 2.24) is 20.9 Å². The third-order valence-electron chi connectivity index (χ3n) is 7.16. The van der Waals surface area contributed by atoms with Gasteiger partial charge in [0, 0.05) is 30.3 Å². The highest BCUT2D eigenvalue weighted by Crippen LogP contribution is 2.32. The fourth-order valence-corrected chi connectivity index (χ4v) is 5.98. The number of fused-ring (bicyclic) bond motifs is 1. The Bertz CT molecular complexity index is 1200. The fourth-order valence-electron chi connectivity index (χ4n) is 5.02. The smallest absolute Gasteiger partial charge is 0.262 e. The number of benzene rings is 2. The molecule has 0 radical (unpaired) electrons. The number of amides is 3. The molecular weight excluding hydrogens is 496 g/mol. The second kappa shape index (κ2) is 13.0. The zero-order valence-corrected chi connectivity index (χ0v) is 23.1. The Morgan fingerprint density at radius 3 is 2.42 bits per heavy atom. The predicted molar refractivity (Wildman–Crippen MR) is 153 cm³/mol. The Kier molecular flexibility index (Phi) is 9.53. The molecule has 0 spiro atoms. The predicted octanol–water partition coefficient (Wildman–Crippen LogP) is 4.13. The van der Waals surface area contributed by atoms with Crippen molar-refractivity contribution in [3.8, 4) is 0 Å². The second-order valence-corrected chi connectivity index (χ2v) is 11.5. The third kappa shape index (κ3) is 7.42. The first-order valence-electron chi connectivity index (χ1n) is 13.4. The van der Waals surface area contributed by atoms with Crippen LogP contribution in [-0.2, 0) is 16.0 Å². The highest BCUT2D eigenvalue weighted by molar-refractivity contribution is 7.20. The summed E-state index contributed by atoms with van der Waals surface area (Å²) in [5.41, 5.74) is 0.163. The van der Waals surface area contributed by atoms with Gasteiger partial charge in [0.1, 0.15) is 5.54 Å². The van der Waals surface area contributed by atoms with Crippen LogP contribution < -0.4 is 16.0 Å². The monoisotopic (exact) mass is 534 g/mol. The van der Waals surface area contributed by atoms with Gasteiger partial charge in [-0.2, -0.15) is 0 Å². The van der Waals surface area contributed by atoms with E-state index < -0.39 is 5.54 Å². The molecule has 38 heavy (non-hydrogen) atoms. The van der Waals surface area contributed by atoms with Crippen molar-refractivity contribution in [2.75, 3.05) is 27.2 Å². The first kappa shape index (κ1) is 27.8. The van der Waals surface area contributed by atoms with Gasteiger partial charge in [-0.05, 0) is 62.9 Å². The molecule has 4 rings (SSSR count). The van der Waals surface area contributed by atoms with Crippen LogP contribution in [0.15, 0.2) is 60.7 Å². The van der Waals surface area contributed by atoms with Crippen molar-refractivity contribution in [3.63, 3.8) is 0 Å². The van der Waals surface area contributed by atoms with E-state index in [9.17, 15) is 14.4 Å². The summed E-state index contributed by atoms with van der Waals surface area (Å²) >= 11 is 1.44. The Balaban J connectivity index is 1.44. The number of hydrogen-bond donors (Lipinski definition) is 3. The quantitative estimate of drug-likeness (QED) is 0.326. The van der Waals surface area contributed by atoms with Crippen molar-refractivity contribution >= 4 is 39.1 Å². The summed E-state index contributed by atoms with van der Waals surface area (Å²) in [4.78, 5) is 42.1. The number of nitrogens with zero attached hydrogens (tertiary/aromatic N) is 1. The van der Waals surface area contributed by atoms with Crippen LogP contribution in [0, 0.1) is 0 Å². The fraction of sp³-hybridized carbons (Fsp3) is 0.433. The topological polar surface area (TPSA) is 90.5 Å². The highest BCUT2D eigenvalue weighted by Gasteiger charge is 2.43. The lowest BCUT2D eigenvalue weighted by Crippen LogP contribution is -2.59. The number of likely N-dealkylation sites (N-methyl/N-ethyl adjacent to an activating group) is 1. The molecule has 1 unspecified atom stereocenters. The molecule has 2 aromatic carbocycles. The van der Waals surface area contributed by atoms with Crippen molar-refractivity contribution < 1.29 is 14.4 Å². The molecule has 1 fully saturated rings. The lowest BCUT2D eigenvalue weighted by atomic mass is 9.94. The van der Waals surface area contributed by atoms with Crippen molar-refractivity contribution in [2.45, 2.75) is 56.5 Å². The maximum Gasteiger partial charge on any atom is 0.262 e. The van der Waals surface area contributed by atoms with Crippen molar-refractivity contribution in [3.05, 3.63) is 71.1 Å². The van der Waals surface area contributed by atoms with E-state index in [2.05, 4.69) is 16.0 Å². The lowest BCUT2D eigenvalue weighted by Gasteiger charge is -2.31. The summed E-state index contributed by atoms with van der Waals surface area (Å²) in [7, 11) is 3.94. The van der Waals surface area contributed by atoms with Crippen LogP contribution in [0.5, 0.6) is 0 Å². The Labute approximate surface area is 229 Å². The van der Waals surface area contributed by atoms with Crippen LogP contribution in [0.25, 0.3) is 10.1 Å². The summed E-state index contributed by atoms with van der Waals surface area (Å²) in [6, 6.07) is 19.6. The van der Waals surface area contributed by atoms with Gasteiger partial charge < -0.3 is 20.9 Å². The highest BCUT2D eigenvalue weighted by atomic mass is 32.1. The summed E-state index contributed by atoms with van der Waals surface area (Å²) in [5, 5.41) is 10.3. The molecule has 0 bridgehead atoms. The summed E-state index contributed by atoms with van der Waals surface area (Å²) in [6.45, 7) is 1.37. The minimum atomic E-state index is -0.934. The van der Waals surface area contributed by atoms with Gasteiger partial charge in [0.2, 0.25) is 11.8 Å². The number of nitrogens with one attached hydrogen (secondary N) is 3. The Morgan fingerprint density at radius 1 is 1.00 bits per heavy atom. The van der Waals surface area contributed by atoms with E-state index >= 15 is 0 Å². The van der Waals surface area contributed by atoms with Gasteiger partial charge in [-0.15, -0.1) is 11.3 Å². The van der Waals surface area contributed by atoms with Crippen molar-refractivity contribution in [2.24, 2.45) is 0 Å². The van der Waals surface area contributed by atoms with Gasteiger partial charge in [-0.3, -0.25) is 14.4 Å². The molecule has 7 nitrogen and oxygen atoms in total. The molecule has 1 aliphatic carbocycles. The van der Waals surface area contributed by atoms with Crippen LogP contribution in [0.4, 0.5) is 0 Å². The number of thiophene rings is 1.